The Balaban J connectivity index is 1.52. The van der Waals surface area contributed by atoms with Gasteiger partial charge in [-0.1, -0.05) is 20.8 Å². The summed E-state index contributed by atoms with van der Waals surface area (Å²) >= 11 is 0. The average molecular weight is 601 g/mol. The molecule has 3 aromatic heterocycles. The molecule has 228 valence electrons. The number of rotatable bonds is 6. The second-order valence-corrected chi connectivity index (χ2v) is 11.8. The van der Waals surface area contributed by atoms with E-state index in [9.17, 15) is 14.0 Å². The van der Waals surface area contributed by atoms with Crippen LogP contribution < -0.4 is 21.5 Å². The summed E-state index contributed by atoms with van der Waals surface area (Å²) in [4.78, 5) is 35.8. The number of carbonyl (C=O) groups is 1. The lowest BCUT2D eigenvalue weighted by atomic mass is 9.92. The molecule has 3 N–H and O–H groups in total. The molecular formula is C32H34F2N8O2. The predicted molar refractivity (Wildman–Crippen MR) is 169 cm³/mol. The minimum Gasteiger partial charge on any atom is -0.357 e. The molecule has 2 aromatic carbocycles. The Morgan fingerprint density at radius 3 is 2.32 bits per heavy atom. The van der Waals surface area contributed by atoms with Gasteiger partial charge in [-0.25, -0.2) is 23.2 Å². The summed E-state index contributed by atoms with van der Waals surface area (Å²) in [5.74, 6) is -0.389. The van der Waals surface area contributed by atoms with Gasteiger partial charge in [-0.15, -0.1) is 0 Å². The number of nitrogens with zero attached hydrogens (tertiary/aromatic N) is 5. The van der Waals surface area contributed by atoms with Crippen molar-refractivity contribution >= 4 is 34.5 Å². The molecule has 0 fully saturated rings. The van der Waals surface area contributed by atoms with Crippen molar-refractivity contribution in [2.24, 2.45) is 0 Å². The molecule has 12 heteroatoms. The number of hydrogen-bond donors (Lipinski definition) is 3. The van der Waals surface area contributed by atoms with E-state index in [-0.39, 0.29) is 22.7 Å². The Morgan fingerprint density at radius 1 is 0.977 bits per heavy atom. The lowest BCUT2D eigenvalue weighted by Gasteiger charge is -2.17. The number of fused-ring (bicyclic) bond motifs is 1. The van der Waals surface area contributed by atoms with E-state index in [2.05, 4.69) is 31.0 Å². The normalized spacial score (nSPS) is 11.7. The Morgan fingerprint density at radius 2 is 1.68 bits per heavy atom. The van der Waals surface area contributed by atoms with Crippen molar-refractivity contribution in [2.75, 3.05) is 23.0 Å². The minimum absolute atomic E-state index is 0.121. The van der Waals surface area contributed by atoms with Gasteiger partial charge < -0.3 is 10.6 Å². The maximum absolute atomic E-state index is 15.2. The number of halogens is 2. The van der Waals surface area contributed by atoms with Gasteiger partial charge in [0.25, 0.3) is 5.56 Å². The molecule has 5 rings (SSSR count). The van der Waals surface area contributed by atoms with Crippen LogP contribution in [0.3, 0.4) is 0 Å². The summed E-state index contributed by atoms with van der Waals surface area (Å²) in [5, 5.41) is 13.4. The molecule has 5 aromatic rings. The van der Waals surface area contributed by atoms with E-state index >= 15 is 4.39 Å². The average Bonchev–Trinajstić information content (AvgIpc) is 3.38. The van der Waals surface area contributed by atoms with E-state index in [1.54, 1.807) is 49.0 Å². The number of aryl methyl sites for hydroxylation is 1. The van der Waals surface area contributed by atoms with Gasteiger partial charge in [-0.3, -0.25) is 14.7 Å². The van der Waals surface area contributed by atoms with Crippen LogP contribution in [0.25, 0.3) is 27.8 Å². The molecule has 0 atom stereocenters. The van der Waals surface area contributed by atoms with Gasteiger partial charge in [0.1, 0.15) is 23.1 Å². The van der Waals surface area contributed by atoms with Crippen LogP contribution in [0.1, 0.15) is 51.9 Å². The summed E-state index contributed by atoms with van der Waals surface area (Å²) in [5.41, 5.74) is 2.19. The number of hydrogen-bond acceptors (Lipinski definition) is 6. The van der Waals surface area contributed by atoms with E-state index < -0.39 is 17.7 Å². The third kappa shape index (κ3) is 5.87. The van der Waals surface area contributed by atoms with Crippen LogP contribution in [0.15, 0.2) is 59.5 Å². The molecule has 0 saturated heterocycles. The van der Waals surface area contributed by atoms with Crippen molar-refractivity contribution in [1.29, 1.82) is 0 Å². The number of aromatic nitrogens is 5. The van der Waals surface area contributed by atoms with E-state index in [1.165, 1.54) is 28.9 Å². The number of carbonyl (C=O) groups excluding carboxylic acids is 1. The second-order valence-electron chi connectivity index (χ2n) is 11.8. The highest BCUT2D eigenvalue weighted by Gasteiger charge is 2.23. The zero-order valence-electron chi connectivity index (χ0n) is 25.6. The molecule has 2 amide bonds. The molecule has 0 aliphatic rings. The van der Waals surface area contributed by atoms with Crippen LogP contribution in [0.4, 0.5) is 31.0 Å². The van der Waals surface area contributed by atoms with Gasteiger partial charge in [0.05, 0.1) is 17.1 Å². The highest BCUT2D eigenvalue weighted by molar-refractivity contribution is 6.00. The predicted octanol–water partition coefficient (Wildman–Crippen LogP) is 6.79. The molecule has 3 heterocycles. The van der Waals surface area contributed by atoms with Gasteiger partial charge in [0, 0.05) is 41.7 Å². The molecule has 0 unspecified atom stereocenters. The van der Waals surface area contributed by atoms with Crippen molar-refractivity contribution in [2.45, 2.75) is 53.0 Å². The lowest BCUT2D eigenvalue weighted by Crippen LogP contribution is -2.25. The SMILES string of the molecule is CNc1ncc2cc(-c3cc(NC(=O)Nc4cc(C(C)(C)C)nn4-c4ccc(F)cc4)c(F)cc3C)c(=O)n(C(C)C)c2n1. The van der Waals surface area contributed by atoms with Gasteiger partial charge in [0.15, 0.2) is 0 Å². The first-order valence-electron chi connectivity index (χ1n) is 14.1. The second kappa shape index (κ2) is 11.5. The highest BCUT2D eigenvalue weighted by Crippen LogP contribution is 2.31. The monoisotopic (exact) mass is 600 g/mol. The zero-order valence-corrected chi connectivity index (χ0v) is 25.6. The number of urea groups is 1. The van der Waals surface area contributed by atoms with E-state index in [0.29, 0.717) is 50.9 Å². The van der Waals surface area contributed by atoms with Crippen molar-refractivity contribution in [3.8, 4) is 16.8 Å². The largest absolute Gasteiger partial charge is 0.357 e. The summed E-state index contributed by atoms with van der Waals surface area (Å²) in [6.45, 7) is 11.4. The smallest absolute Gasteiger partial charge is 0.324 e. The fourth-order valence-electron chi connectivity index (χ4n) is 4.86. The number of amides is 2. The van der Waals surface area contributed by atoms with Gasteiger partial charge in [-0.05, 0) is 74.4 Å². The molecule has 0 aliphatic heterocycles. The Bertz CT molecular complexity index is 1940. The summed E-state index contributed by atoms with van der Waals surface area (Å²) in [6, 6.07) is 10.8. The zero-order chi connectivity index (χ0) is 31.9. The van der Waals surface area contributed by atoms with Crippen LogP contribution >= 0.6 is 0 Å². The van der Waals surface area contributed by atoms with Gasteiger partial charge in [0.2, 0.25) is 5.95 Å². The number of anilines is 3. The highest BCUT2D eigenvalue weighted by atomic mass is 19.1. The topological polar surface area (TPSA) is 119 Å². The van der Waals surface area contributed by atoms with Crippen molar-refractivity contribution < 1.29 is 13.6 Å². The fourth-order valence-corrected chi connectivity index (χ4v) is 4.86. The van der Waals surface area contributed by atoms with Crippen molar-refractivity contribution in [3.05, 3.63) is 88.0 Å². The van der Waals surface area contributed by atoms with Gasteiger partial charge >= 0.3 is 6.03 Å². The summed E-state index contributed by atoms with van der Waals surface area (Å²) in [7, 11) is 1.69. The van der Waals surface area contributed by atoms with Crippen LogP contribution in [0.5, 0.6) is 0 Å². The molecular weight excluding hydrogens is 566 g/mol. The molecule has 10 nitrogen and oxygen atoms in total. The van der Waals surface area contributed by atoms with Gasteiger partial charge in [-0.2, -0.15) is 10.1 Å². The Kier molecular flexibility index (Phi) is 7.94. The quantitative estimate of drug-likeness (QED) is 0.197. The molecule has 0 saturated carbocycles. The maximum atomic E-state index is 15.2. The van der Waals surface area contributed by atoms with Crippen molar-refractivity contribution in [1.82, 2.24) is 24.3 Å². The summed E-state index contributed by atoms with van der Waals surface area (Å²) in [6.07, 6.45) is 1.62. The molecule has 0 radical (unpaired) electrons. The maximum Gasteiger partial charge on any atom is 0.324 e. The third-order valence-electron chi connectivity index (χ3n) is 7.16. The summed E-state index contributed by atoms with van der Waals surface area (Å²) < 4.78 is 31.9. The first kappa shape index (κ1) is 30.3. The molecule has 0 bridgehead atoms. The standard InChI is InChI=1S/C32H34F2N8O2/c1-17(2)41-28-19(16-36-30(35-7)39-28)13-23(29(41)43)22-14-25(24(34)12-18(22)3)37-31(44)38-27-15-26(32(4,5)6)40-42(27)21-10-8-20(33)9-11-21/h8-17H,1-7H3,(H,35,36,39)(H2,37,38,44). The van der Waals surface area contributed by atoms with Crippen LogP contribution in [-0.2, 0) is 5.41 Å². The van der Waals surface area contributed by atoms with Crippen LogP contribution in [0, 0.1) is 18.6 Å². The van der Waals surface area contributed by atoms with Crippen LogP contribution in [0.2, 0.25) is 0 Å². The van der Waals surface area contributed by atoms with E-state index in [1.807, 2.05) is 34.6 Å². The van der Waals surface area contributed by atoms with E-state index in [4.69, 9.17) is 0 Å². The Hall–Kier alpha value is -5.13. The van der Waals surface area contributed by atoms with E-state index in [0.717, 1.165) is 0 Å². The molecule has 44 heavy (non-hydrogen) atoms. The first-order chi connectivity index (χ1) is 20.8. The lowest BCUT2D eigenvalue weighted by molar-refractivity contribution is 0.262. The fraction of sp³-hybridized carbons (Fsp3) is 0.281. The molecule has 0 spiro atoms. The third-order valence-corrected chi connectivity index (χ3v) is 7.16. The number of pyridine rings is 1. The Labute approximate surface area is 253 Å². The number of nitrogens with one attached hydrogen (secondary N) is 3. The van der Waals surface area contributed by atoms with Crippen LogP contribution in [-0.4, -0.2) is 37.4 Å². The first-order valence-corrected chi connectivity index (χ1v) is 14.1. The molecule has 0 aliphatic carbocycles. The minimum atomic E-state index is -0.728. The van der Waals surface area contributed by atoms with Crippen molar-refractivity contribution in [3.63, 3.8) is 0 Å². The number of benzene rings is 2.